The van der Waals surface area contributed by atoms with Crippen molar-refractivity contribution < 1.29 is 4.74 Å². The van der Waals surface area contributed by atoms with Crippen LogP contribution >= 0.6 is 11.6 Å². The second-order valence-electron chi connectivity index (χ2n) is 6.14. The molecule has 6 nitrogen and oxygen atoms in total. The SMILES string of the molecule is COc1cc(CN)c(C)cc1Nc1ncc(Cl)c(Nc2ccccc2C)n1. The zero-order valence-corrected chi connectivity index (χ0v) is 16.3. The Morgan fingerprint density at radius 3 is 2.56 bits per heavy atom. The minimum absolute atomic E-state index is 0.411. The number of aromatic nitrogens is 2. The van der Waals surface area contributed by atoms with Crippen molar-refractivity contribution in [3.63, 3.8) is 0 Å². The summed E-state index contributed by atoms with van der Waals surface area (Å²) >= 11 is 6.27. The molecule has 0 aliphatic rings. The number of benzene rings is 2. The number of aryl methyl sites for hydroxylation is 2. The van der Waals surface area contributed by atoms with Gasteiger partial charge < -0.3 is 21.1 Å². The van der Waals surface area contributed by atoms with Gasteiger partial charge in [0.05, 0.1) is 19.0 Å². The van der Waals surface area contributed by atoms with Crippen LogP contribution in [0.2, 0.25) is 5.02 Å². The second kappa shape index (κ2) is 8.24. The molecule has 0 atom stereocenters. The molecule has 0 saturated carbocycles. The number of para-hydroxylation sites is 1. The summed E-state index contributed by atoms with van der Waals surface area (Å²) in [5.41, 5.74) is 10.7. The summed E-state index contributed by atoms with van der Waals surface area (Å²) in [4.78, 5) is 8.78. The van der Waals surface area contributed by atoms with Gasteiger partial charge in [0.15, 0.2) is 5.82 Å². The van der Waals surface area contributed by atoms with Crippen molar-refractivity contribution in [2.75, 3.05) is 17.7 Å². The molecule has 0 spiro atoms. The second-order valence-corrected chi connectivity index (χ2v) is 6.55. The lowest BCUT2D eigenvalue weighted by Crippen LogP contribution is -2.05. The van der Waals surface area contributed by atoms with E-state index in [1.54, 1.807) is 13.3 Å². The normalized spacial score (nSPS) is 10.6. The maximum atomic E-state index is 6.27. The van der Waals surface area contributed by atoms with Gasteiger partial charge in [-0.2, -0.15) is 4.98 Å². The van der Waals surface area contributed by atoms with Crippen molar-refractivity contribution in [2.24, 2.45) is 5.73 Å². The van der Waals surface area contributed by atoms with Crippen molar-refractivity contribution in [1.29, 1.82) is 0 Å². The number of ether oxygens (including phenoxy) is 1. The molecule has 2 aromatic carbocycles. The van der Waals surface area contributed by atoms with Gasteiger partial charge in [0.1, 0.15) is 10.8 Å². The van der Waals surface area contributed by atoms with Gasteiger partial charge >= 0.3 is 0 Å². The third-order valence-electron chi connectivity index (χ3n) is 4.27. The van der Waals surface area contributed by atoms with Gasteiger partial charge in [0.25, 0.3) is 0 Å². The average molecular weight is 384 g/mol. The summed E-state index contributed by atoms with van der Waals surface area (Å²) in [5, 5.41) is 6.89. The molecule has 0 radical (unpaired) electrons. The van der Waals surface area contributed by atoms with E-state index in [1.165, 1.54) is 0 Å². The fourth-order valence-electron chi connectivity index (χ4n) is 2.69. The highest BCUT2D eigenvalue weighted by atomic mass is 35.5. The fourth-order valence-corrected chi connectivity index (χ4v) is 2.83. The highest BCUT2D eigenvalue weighted by Gasteiger charge is 2.11. The lowest BCUT2D eigenvalue weighted by atomic mass is 10.1. The van der Waals surface area contributed by atoms with Crippen LogP contribution in [-0.2, 0) is 6.54 Å². The highest BCUT2D eigenvalue weighted by molar-refractivity contribution is 6.32. The Kier molecular flexibility index (Phi) is 5.78. The number of hydrogen-bond acceptors (Lipinski definition) is 6. The average Bonchev–Trinajstić information content (AvgIpc) is 2.66. The molecule has 0 aliphatic carbocycles. The van der Waals surface area contributed by atoms with Crippen LogP contribution in [0, 0.1) is 13.8 Å². The van der Waals surface area contributed by atoms with Crippen molar-refractivity contribution in [3.05, 3.63) is 64.3 Å². The number of rotatable bonds is 6. The van der Waals surface area contributed by atoms with Crippen LogP contribution in [0.25, 0.3) is 0 Å². The van der Waals surface area contributed by atoms with E-state index in [0.29, 0.717) is 29.1 Å². The first-order chi connectivity index (χ1) is 13.0. The van der Waals surface area contributed by atoms with E-state index in [9.17, 15) is 0 Å². The molecule has 27 heavy (non-hydrogen) atoms. The van der Waals surface area contributed by atoms with E-state index in [4.69, 9.17) is 22.1 Å². The predicted molar refractivity (Wildman–Crippen MR) is 110 cm³/mol. The van der Waals surface area contributed by atoms with Crippen LogP contribution in [0.5, 0.6) is 5.75 Å². The van der Waals surface area contributed by atoms with Crippen molar-refractivity contribution >= 4 is 34.7 Å². The number of nitrogens with zero attached hydrogens (tertiary/aromatic N) is 2. The molecule has 4 N–H and O–H groups in total. The molecule has 1 aromatic heterocycles. The third-order valence-corrected chi connectivity index (χ3v) is 4.54. The molecule has 0 aliphatic heterocycles. The maximum absolute atomic E-state index is 6.27. The molecule has 0 fully saturated rings. The monoisotopic (exact) mass is 383 g/mol. The third kappa shape index (κ3) is 4.30. The Labute approximate surface area is 163 Å². The summed E-state index contributed by atoms with van der Waals surface area (Å²) in [7, 11) is 1.62. The molecule has 3 rings (SSSR count). The molecule has 140 valence electrons. The summed E-state index contributed by atoms with van der Waals surface area (Å²) in [6.45, 7) is 4.47. The van der Waals surface area contributed by atoms with E-state index in [1.807, 2.05) is 50.2 Å². The first-order valence-corrected chi connectivity index (χ1v) is 8.89. The van der Waals surface area contributed by atoms with Crippen molar-refractivity contribution in [3.8, 4) is 5.75 Å². The first-order valence-electron chi connectivity index (χ1n) is 8.51. The molecule has 0 saturated heterocycles. The quantitative estimate of drug-likeness (QED) is 0.572. The molecule has 3 aromatic rings. The van der Waals surface area contributed by atoms with E-state index in [0.717, 1.165) is 28.1 Å². The van der Waals surface area contributed by atoms with Crippen LogP contribution < -0.4 is 21.1 Å². The molecule has 1 heterocycles. The van der Waals surface area contributed by atoms with Crippen LogP contribution in [0.15, 0.2) is 42.6 Å². The molecule has 0 unspecified atom stereocenters. The van der Waals surface area contributed by atoms with Gasteiger partial charge in [-0.25, -0.2) is 4.98 Å². The number of methoxy groups -OCH3 is 1. The number of hydrogen-bond donors (Lipinski definition) is 3. The van der Waals surface area contributed by atoms with Gasteiger partial charge in [0.2, 0.25) is 5.95 Å². The van der Waals surface area contributed by atoms with Crippen LogP contribution in [0.4, 0.5) is 23.1 Å². The highest BCUT2D eigenvalue weighted by Crippen LogP contribution is 2.31. The van der Waals surface area contributed by atoms with Crippen LogP contribution in [0.1, 0.15) is 16.7 Å². The number of halogens is 1. The molecular formula is C20H22ClN5O. The standard InChI is InChI=1S/C20H22ClN5O/c1-12-6-4-5-7-16(12)24-19-15(21)11-23-20(26-19)25-17-8-13(2)14(10-22)9-18(17)27-3/h4-9,11H,10,22H2,1-3H3,(H2,23,24,25,26). The topological polar surface area (TPSA) is 85.1 Å². The maximum Gasteiger partial charge on any atom is 0.229 e. The summed E-state index contributed by atoms with van der Waals surface area (Å²) in [5.74, 6) is 1.61. The zero-order valence-electron chi connectivity index (χ0n) is 15.5. The summed E-state index contributed by atoms with van der Waals surface area (Å²) < 4.78 is 5.47. The minimum Gasteiger partial charge on any atom is -0.495 e. The van der Waals surface area contributed by atoms with E-state index >= 15 is 0 Å². The molecular weight excluding hydrogens is 362 g/mol. The van der Waals surface area contributed by atoms with Crippen molar-refractivity contribution in [1.82, 2.24) is 9.97 Å². The number of anilines is 4. The van der Waals surface area contributed by atoms with E-state index in [-0.39, 0.29) is 0 Å². The summed E-state index contributed by atoms with van der Waals surface area (Å²) in [6.07, 6.45) is 1.56. The predicted octanol–water partition coefficient (Wildman–Crippen LogP) is 4.70. The smallest absolute Gasteiger partial charge is 0.229 e. The Bertz CT molecular complexity index is 961. The van der Waals surface area contributed by atoms with Crippen LogP contribution in [-0.4, -0.2) is 17.1 Å². The minimum atomic E-state index is 0.411. The Morgan fingerprint density at radius 1 is 1.07 bits per heavy atom. The van der Waals surface area contributed by atoms with Crippen LogP contribution in [0.3, 0.4) is 0 Å². The lowest BCUT2D eigenvalue weighted by molar-refractivity contribution is 0.416. The van der Waals surface area contributed by atoms with E-state index < -0.39 is 0 Å². The largest absolute Gasteiger partial charge is 0.495 e. The van der Waals surface area contributed by atoms with E-state index in [2.05, 4.69) is 20.6 Å². The molecule has 0 amide bonds. The van der Waals surface area contributed by atoms with Gasteiger partial charge in [0, 0.05) is 12.2 Å². The number of nitrogens with one attached hydrogen (secondary N) is 2. The number of nitrogens with two attached hydrogens (primary N) is 1. The molecule has 0 bridgehead atoms. The Hall–Kier alpha value is -2.83. The van der Waals surface area contributed by atoms with Crippen molar-refractivity contribution in [2.45, 2.75) is 20.4 Å². The Balaban J connectivity index is 1.91. The lowest BCUT2D eigenvalue weighted by Gasteiger charge is -2.15. The van der Waals surface area contributed by atoms with Gasteiger partial charge in [-0.05, 0) is 48.7 Å². The Morgan fingerprint density at radius 2 is 1.85 bits per heavy atom. The zero-order chi connectivity index (χ0) is 19.4. The van der Waals surface area contributed by atoms with Gasteiger partial charge in [-0.1, -0.05) is 29.8 Å². The van der Waals surface area contributed by atoms with Gasteiger partial charge in [-0.15, -0.1) is 0 Å². The summed E-state index contributed by atoms with van der Waals surface area (Å²) in [6, 6.07) is 11.8. The first kappa shape index (κ1) is 18.9. The fraction of sp³-hybridized carbons (Fsp3) is 0.200. The van der Waals surface area contributed by atoms with Gasteiger partial charge in [-0.3, -0.25) is 0 Å². The molecule has 7 heteroatoms.